The van der Waals surface area contributed by atoms with E-state index >= 15 is 0 Å². The molecule has 258 valence electrons. The average molecular weight is 641 g/mol. The van der Waals surface area contributed by atoms with Crippen molar-refractivity contribution in [3.05, 3.63) is 0 Å². The van der Waals surface area contributed by atoms with Crippen molar-refractivity contribution in [2.75, 3.05) is 32.8 Å². The molecular weight excluding hydrogens is 588 g/mol. The van der Waals surface area contributed by atoms with E-state index in [4.69, 9.17) is 47.6 Å². The Kier molecular flexibility index (Phi) is 14.7. The summed E-state index contributed by atoms with van der Waals surface area (Å²) in [6.45, 7) is 0.544. The number of nitrogens with two attached hydrogens (primary N) is 5. The molecule has 3 rings (SSSR count). The summed E-state index contributed by atoms with van der Waals surface area (Å²) in [4.78, 5) is 12.8. The number of ketones is 1. The molecule has 18 heteroatoms. The molecule has 0 spiro atoms. The number of carbonyl (C=O) groups is 1. The van der Waals surface area contributed by atoms with Crippen LogP contribution < -0.4 is 34.0 Å². The second kappa shape index (κ2) is 17.2. The van der Waals surface area contributed by atoms with Crippen LogP contribution in [0.5, 0.6) is 0 Å². The molecule has 0 amide bonds. The van der Waals surface area contributed by atoms with E-state index in [2.05, 4.69) is 5.32 Å². The Hall–Kier alpha value is -1.01. The fourth-order valence-corrected chi connectivity index (χ4v) is 5.88. The van der Waals surface area contributed by atoms with Crippen LogP contribution in [0, 0.1) is 5.92 Å². The van der Waals surface area contributed by atoms with Gasteiger partial charge in [-0.2, -0.15) is 0 Å². The first-order valence-electron chi connectivity index (χ1n) is 15.1. The smallest absolute Gasteiger partial charge is 0.186 e. The molecular formula is C26H52N6O12. The van der Waals surface area contributed by atoms with Crippen LogP contribution in [0.4, 0.5) is 0 Å². The number of carbonyl (C=O) groups excluding carboxylic acids is 1. The number of ether oxygens (including phenoxy) is 4. The molecule has 3 fully saturated rings. The van der Waals surface area contributed by atoms with Crippen LogP contribution in [0.2, 0.25) is 0 Å². The Balaban J connectivity index is 1.82. The van der Waals surface area contributed by atoms with E-state index in [1.54, 1.807) is 0 Å². The molecule has 0 radical (unpaired) electrons. The third kappa shape index (κ3) is 8.87. The molecule has 0 aromatic heterocycles. The van der Waals surface area contributed by atoms with Crippen LogP contribution in [0.1, 0.15) is 25.7 Å². The van der Waals surface area contributed by atoms with Gasteiger partial charge in [-0.15, -0.1) is 0 Å². The molecule has 0 aromatic carbocycles. The SMILES string of the molecule is NCCCNC[C@H]1O[C@H](OC2[C@@H](N)C[C@@H](CC(=O)[C@@H](O)CCN)[C@H](O[C@H]3O[C@H](CO)[C@@H](O)[C@H](N)[C@H]3O)[C@H]2O)[C@H](N)[C@@H](O)[C@@H]1O. The normalized spacial score (nSPS) is 44.0. The maximum atomic E-state index is 12.8. The summed E-state index contributed by atoms with van der Waals surface area (Å²) in [5.41, 5.74) is 29.4. The quantitative estimate of drug-likeness (QED) is 0.0739. The summed E-state index contributed by atoms with van der Waals surface area (Å²) in [7, 11) is 0. The summed E-state index contributed by atoms with van der Waals surface area (Å²) in [6.07, 6.45) is -15.9. The van der Waals surface area contributed by atoms with E-state index in [-0.39, 0.29) is 32.4 Å². The highest BCUT2D eigenvalue weighted by molar-refractivity contribution is 5.83. The van der Waals surface area contributed by atoms with Gasteiger partial charge in [0.15, 0.2) is 18.4 Å². The lowest BCUT2D eigenvalue weighted by atomic mass is 9.76. The number of Topliss-reactive ketones (excluding diaryl/α,β-unsaturated/α-hetero) is 1. The number of nitrogens with one attached hydrogen (secondary N) is 1. The van der Waals surface area contributed by atoms with Crippen molar-refractivity contribution in [3.8, 4) is 0 Å². The van der Waals surface area contributed by atoms with Crippen LogP contribution in [-0.2, 0) is 23.7 Å². The Labute approximate surface area is 255 Å². The van der Waals surface area contributed by atoms with Crippen molar-refractivity contribution >= 4 is 5.78 Å². The van der Waals surface area contributed by atoms with Gasteiger partial charge in [-0.25, -0.2) is 0 Å². The molecule has 16 atom stereocenters. The predicted molar refractivity (Wildman–Crippen MR) is 152 cm³/mol. The Morgan fingerprint density at radius 2 is 1.50 bits per heavy atom. The van der Waals surface area contributed by atoms with E-state index in [0.29, 0.717) is 19.5 Å². The van der Waals surface area contributed by atoms with E-state index in [9.17, 15) is 40.5 Å². The van der Waals surface area contributed by atoms with Crippen molar-refractivity contribution in [2.24, 2.45) is 34.6 Å². The monoisotopic (exact) mass is 640 g/mol. The minimum atomic E-state index is -1.60. The zero-order chi connectivity index (χ0) is 32.7. The number of aliphatic hydroxyl groups excluding tert-OH is 7. The number of aliphatic hydroxyl groups is 7. The Morgan fingerprint density at radius 1 is 0.841 bits per heavy atom. The van der Waals surface area contributed by atoms with Gasteiger partial charge in [0.1, 0.15) is 54.9 Å². The largest absolute Gasteiger partial charge is 0.394 e. The highest BCUT2D eigenvalue weighted by atomic mass is 16.7. The average Bonchev–Trinajstić information content (AvgIpc) is 2.99. The zero-order valence-corrected chi connectivity index (χ0v) is 24.7. The van der Waals surface area contributed by atoms with E-state index in [1.807, 2.05) is 0 Å². The van der Waals surface area contributed by atoms with Gasteiger partial charge in [0.2, 0.25) is 0 Å². The maximum Gasteiger partial charge on any atom is 0.186 e. The molecule has 2 saturated heterocycles. The molecule has 1 unspecified atom stereocenters. The van der Waals surface area contributed by atoms with Crippen molar-refractivity contribution in [2.45, 2.75) is 117 Å². The fraction of sp³-hybridized carbons (Fsp3) is 0.962. The number of rotatable bonds is 15. The molecule has 18 N–H and O–H groups in total. The molecule has 1 aliphatic carbocycles. The first kappa shape index (κ1) is 37.4. The summed E-state index contributed by atoms with van der Waals surface area (Å²) < 4.78 is 23.4. The van der Waals surface area contributed by atoms with Crippen LogP contribution in [0.15, 0.2) is 0 Å². The Morgan fingerprint density at radius 3 is 2.14 bits per heavy atom. The molecule has 1 saturated carbocycles. The standard InChI is InChI=1S/C26H52N6O12/c27-3-1-5-32-8-14-19(37)20(38)17(31)25(41-14)44-24-11(29)6-10(7-13(35)12(34)2-4-28)23(22(24)40)43-26-21(39)16(30)18(36)15(9-33)42-26/h10-12,14-26,32-34,36-40H,1-9,27-31H2/t10-,11-,12-,14+,15+,16-,17+,18+,19+,20+,21+,22+,23-,24?,25+,26+/m0/s1. The third-order valence-corrected chi connectivity index (χ3v) is 8.58. The summed E-state index contributed by atoms with van der Waals surface area (Å²) in [6, 6.07) is -3.44. The predicted octanol–water partition coefficient (Wildman–Crippen LogP) is -7.39. The van der Waals surface area contributed by atoms with Crippen molar-refractivity contribution in [3.63, 3.8) is 0 Å². The van der Waals surface area contributed by atoms with Gasteiger partial charge in [0, 0.05) is 19.0 Å². The third-order valence-electron chi connectivity index (χ3n) is 8.58. The van der Waals surface area contributed by atoms with Crippen molar-refractivity contribution in [1.29, 1.82) is 0 Å². The second-order valence-corrected chi connectivity index (χ2v) is 11.8. The number of hydrogen-bond acceptors (Lipinski definition) is 18. The molecule has 3 aliphatic rings. The topological polar surface area (TPSA) is 338 Å². The molecule has 2 aliphatic heterocycles. The second-order valence-electron chi connectivity index (χ2n) is 11.8. The first-order chi connectivity index (χ1) is 20.9. The van der Waals surface area contributed by atoms with Gasteiger partial charge in [-0.1, -0.05) is 0 Å². The lowest BCUT2D eigenvalue weighted by Crippen LogP contribution is -2.67. The van der Waals surface area contributed by atoms with Gasteiger partial charge in [0.25, 0.3) is 0 Å². The lowest BCUT2D eigenvalue weighted by Gasteiger charge is -2.49. The van der Waals surface area contributed by atoms with Gasteiger partial charge in [-0.3, -0.25) is 4.79 Å². The number of hydrogen-bond donors (Lipinski definition) is 13. The van der Waals surface area contributed by atoms with Gasteiger partial charge in [-0.05, 0) is 44.8 Å². The molecule has 0 bridgehead atoms. The molecule has 2 heterocycles. The summed E-state index contributed by atoms with van der Waals surface area (Å²) >= 11 is 0. The minimum absolute atomic E-state index is 0.0140. The molecule has 44 heavy (non-hydrogen) atoms. The van der Waals surface area contributed by atoms with E-state index in [0.717, 1.165) is 0 Å². The molecule has 18 nitrogen and oxygen atoms in total. The van der Waals surface area contributed by atoms with Gasteiger partial charge in [0.05, 0.1) is 24.8 Å². The van der Waals surface area contributed by atoms with Gasteiger partial charge >= 0.3 is 0 Å². The van der Waals surface area contributed by atoms with Crippen molar-refractivity contribution in [1.82, 2.24) is 5.32 Å². The first-order valence-corrected chi connectivity index (χ1v) is 15.1. The van der Waals surface area contributed by atoms with E-state index in [1.165, 1.54) is 0 Å². The fourth-order valence-electron chi connectivity index (χ4n) is 5.88. The molecule has 0 aromatic rings. The highest BCUT2D eigenvalue weighted by Crippen LogP contribution is 2.36. The zero-order valence-electron chi connectivity index (χ0n) is 24.7. The van der Waals surface area contributed by atoms with Crippen LogP contribution >= 0.6 is 0 Å². The van der Waals surface area contributed by atoms with Gasteiger partial charge < -0.3 is 88.7 Å². The van der Waals surface area contributed by atoms with Crippen LogP contribution in [-0.4, -0.2) is 166 Å². The minimum Gasteiger partial charge on any atom is -0.394 e. The lowest BCUT2D eigenvalue weighted by molar-refractivity contribution is -0.323. The Bertz CT molecular complexity index is 881. The van der Waals surface area contributed by atoms with Crippen LogP contribution in [0.25, 0.3) is 0 Å². The highest BCUT2D eigenvalue weighted by Gasteiger charge is 2.52. The van der Waals surface area contributed by atoms with E-state index < -0.39 is 110 Å². The van der Waals surface area contributed by atoms with Crippen LogP contribution in [0.3, 0.4) is 0 Å². The maximum absolute atomic E-state index is 12.8. The van der Waals surface area contributed by atoms with Crippen molar-refractivity contribution < 1.29 is 59.5 Å². The summed E-state index contributed by atoms with van der Waals surface area (Å²) in [5, 5.41) is 76.5. The summed E-state index contributed by atoms with van der Waals surface area (Å²) in [5.74, 6) is -1.39.